The first-order valence-electron chi connectivity index (χ1n) is 9.34. The average Bonchev–Trinajstić information content (AvgIpc) is 3.40. The number of rotatable bonds is 7. The van der Waals surface area contributed by atoms with Gasteiger partial charge in [0, 0.05) is 7.05 Å². The zero-order valence-corrected chi connectivity index (χ0v) is 16.3. The molecule has 4 aromatic rings. The molecule has 0 aliphatic carbocycles. The molecule has 2 aromatic carbocycles. The van der Waals surface area contributed by atoms with Crippen LogP contribution in [0.25, 0.3) is 10.8 Å². The maximum atomic E-state index is 12.5. The van der Waals surface area contributed by atoms with E-state index in [1.54, 1.807) is 19.2 Å². The van der Waals surface area contributed by atoms with Crippen LogP contribution in [0.1, 0.15) is 16.2 Å². The van der Waals surface area contributed by atoms with Crippen molar-refractivity contribution in [3.63, 3.8) is 0 Å². The fourth-order valence-electron chi connectivity index (χ4n) is 3.05. The number of hydrogen-bond donors (Lipinski definition) is 2. The molecule has 8 heteroatoms. The van der Waals surface area contributed by atoms with Gasteiger partial charge < -0.3 is 19.8 Å². The molecular formula is C22H20N4O4. The lowest BCUT2D eigenvalue weighted by molar-refractivity contribution is -0.118. The summed E-state index contributed by atoms with van der Waals surface area (Å²) in [6, 6.07) is 17.0. The van der Waals surface area contributed by atoms with Crippen LogP contribution in [-0.4, -0.2) is 28.2 Å². The van der Waals surface area contributed by atoms with Crippen LogP contribution in [-0.2, 0) is 18.4 Å². The highest BCUT2D eigenvalue weighted by Crippen LogP contribution is 2.21. The SMILES string of the molecule is Cn1ncc(NC(=O)COc2ccc3ccccc3c2)c1C(=O)NCc1ccco1. The molecule has 4 rings (SSSR count). The fraction of sp³-hybridized carbons (Fsp3) is 0.136. The average molecular weight is 404 g/mol. The zero-order valence-electron chi connectivity index (χ0n) is 16.3. The fourth-order valence-corrected chi connectivity index (χ4v) is 3.05. The van der Waals surface area contributed by atoms with Crippen molar-refractivity contribution in [3.05, 3.63) is 78.5 Å². The molecule has 2 heterocycles. The molecule has 0 radical (unpaired) electrons. The van der Waals surface area contributed by atoms with Crippen LogP contribution in [0.5, 0.6) is 5.75 Å². The molecule has 152 valence electrons. The normalized spacial score (nSPS) is 10.7. The van der Waals surface area contributed by atoms with E-state index < -0.39 is 5.91 Å². The molecule has 0 unspecified atom stereocenters. The summed E-state index contributed by atoms with van der Waals surface area (Å²) in [5, 5.41) is 11.6. The number of nitrogens with zero attached hydrogens (tertiary/aromatic N) is 2. The molecule has 0 saturated heterocycles. The first kappa shape index (κ1) is 19.3. The number of ether oxygens (including phenoxy) is 1. The Balaban J connectivity index is 1.37. The van der Waals surface area contributed by atoms with E-state index in [9.17, 15) is 9.59 Å². The number of fused-ring (bicyclic) bond motifs is 1. The summed E-state index contributed by atoms with van der Waals surface area (Å²) < 4.78 is 12.2. The first-order chi connectivity index (χ1) is 14.6. The molecule has 0 aliphatic rings. The minimum atomic E-state index is -0.392. The minimum Gasteiger partial charge on any atom is -0.484 e. The Labute approximate surface area is 172 Å². The molecule has 0 spiro atoms. The second-order valence-electron chi connectivity index (χ2n) is 6.64. The third-order valence-corrected chi connectivity index (χ3v) is 4.52. The van der Waals surface area contributed by atoms with Crippen molar-refractivity contribution < 1.29 is 18.7 Å². The molecule has 0 fully saturated rings. The van der Waals surface area contributed by atoms with Crippen LogP contribution in [0.2, 0.25) is 0 Å². The lowest BCUT2D eigenvalue weighted by Gasteiger charge is -2.10. The third kappa shape index (κ3) is 4.33. The van der Waals surface area contributed by atoms with Gasteiger partial charge in [0.15, 0.2) is 6.61 Å². The Hall–Kier alpha value is -4.07. The molecule has 2 N–H and O–H groups in total. The van der Waals surface area contributed by atoms with Crippen LogP contribution in [0.4, 0.5) is 5.69 Å². The van der Waals surface area contributed by atoms with E-state index in [0.29, 0.717) is 17.2 Å². The number of carbonyl (C=O) groups is 2. The molecule has 2 aromatic heterocycles. The van der Waals surface area contributed by atoms with E-state index in [2.05, 4.69) is 15.7 Å². The Kier molecular flexibility index (Phi) is 5.47. The number of furan rings is 1. The van der Waals surface area contributed by atoms with Crippen molar-refractivity contribution in [2.45, 2.75) is 6.54 Å². The first-order valence-corrected chi connectivity index (χ1v) is 9.34. The summed E-state index contributed by atoms with van der Waals surface area (Å²) in [5.41, 5.74) is 0.544. The number of benzene rings is 2. The summed E-state index contributed by atoms with van der Waals surface area (Å²) >= 11 is 0. The maximum absolute atomic E-state index is 12.5. The van der Waals surface area contributed by atoms with E-state index in [1.165, 1.54) is 17.1 Å². The second kappa shape index (κ2) is 8.52. The van der Waals surface area contributed by atoms with Gasteiger partial charge in [0.05, 0.1) is 24.7 Å². The number of carbonyl (C=O) groups excluding carboxylic acids is 2. The van der Waals surface area contributed by atoms with Gasteiger partial charge in [-0.1, -0.05) is 30.3 Å². The number of anilines is 1. The summed E-state index contributed by atoms with van der Waals surface area (Å²) in [5.74, 6) is 0.444. The molecule has 8 nitrogen and oxygen atoms in total. The Morgan fingerprint density at radius 1 is 1.10 bits per heavy atom. The monoisotopic (exact) mass is 404 g/mol. The van der Waals surface area contributed by atoms with E-state index >= 15 is 0 Å². The van der Waals surface area contributed by atoms with Gasteiger partial charge in [0.25, 0.3) is 11.8 Å². The largest absolute Gasteiger partial charge is 0.484 e. The highest BCUT2D eigenvalue weighted by atomic mass is 16.5. The van der Waals surface area contributed by atoms with Gasteiger partial charge in [-0.3, -0.25) is 14.3 Å². The summed E-state index contributed by atoms with van der Waals surface area (Å²) in [6.07, 6.45) is 2.96. The molecule has 30 heavy (non-hydrogen) atoms. The molecule has 0 bridgehead atoms. The van der Waals surface area contributed by atoms with Crippen molar-refractivity contribution in [1.82, 2.24) is 15.1 Å². The lowest BCUT2D eigenvalue weighted by Crippen LogP contribution is -2.27. The van der Waals surface area contributed by atoms with Gasteiger partial charge in [0.2, 0.25) is 0 Å². The van der Waals surface area contributed by atoms with E-state index in [0.717, 1.165) is 10.8 Å². The van der Waals surface area contributed by atoms with Gasteiger partial charge >= 0.3 is 0 Å². The predicted octanol–water partition coefficient (Wildman–Crippen LogP) is 3.11. The second-order valence-corrected chi connectivity index (χ2v) is 6.64. The zero-order chi connectivity index (χ0) is 20.9. The molecule has 0 saturated carbocycles. The number of hydrogen-bond acceptors (Lipinski definition) is 5. The summed E-state index contributed by atoms with van der Waals surface area (Å²) in [7, 11) is 1.63. The molecule has 2 amide bonds. The molecule has 0 aliphatic heterocycles. The Bertz CT molecular complexity index is 1180. The highest BCUT2D eigenvalue weighted by molar-refractivity contribution is 6.02. The van der Waals surface area contributed by atoms with Crippen molar-refractivity contribution in [2.24, 2.45) is 7.05 Å². The van der Waals surface area contributed by atoms with E-state index in [-0.39, 0.29) is 24.8 Å². The van der Waals surface area contributed by atoms with E-state index in [4.69, 9.17) is 9.15 Å². The third-order valence-electron chi connectivity index (χ3n) is 4.52. The minimum absolute atomic E-state index is 0.194. The molecule has 0 atom stereocenters. The number of amides is 2. The predicted molar refractivity (Wildman–Crippen MR) is 111 cm³/mol. The standard InChI is InChI=1S/C22H20N4O4/c1-26-21(22(28)23-12-18-7-4-10-29-18)19(13-24-26)25-20(27)14-30-17-9-8-15-5-2-3-6-16(15)11-17/h2-11,13H,12,14H2,1H3,(H,23,28)(H,25,27). The number of aromatic nitrogens is 2. The quantitative estimate of drug-likeness (QED) is 0.493. The van der Waals surface area contributed by atoms with E-state index in [1.807, 2.05) is 42.5 Å². The van der Waals surface area contributed by atoms with Crippen molar-refractivity contribution in [1.29, 1.82) is 0 Å². The topological polar surface area (TPSA) is 98.4 Å². The summed E-state index contributed by atoms with van der Waals surface area (Å²) in [6.45, 7) is 0.0379. The van der Waals surface area contributed by atoms with Crippen LogP contribution < -0.4 is 15.4 Å². The van der Waals surface area contributed by atoms with Crippen molar-refractivity contribution >= 4 is 28.3 Å². The number of aryl methyl sites for hydroxylation is 1. The lowest BCUT2D eigenvalue weighted by atomic mass is 10.1. The van der Waals surface area contributed by atoms with Crippen LogP contribution >= 0.6 is 0 Å². The maximum Gasteiger partial charge on any atom is 0.272 e. The smallest absolute Gasteiger partial charge is 0.272 e. The Morgan fingerprint density at radius 3 is 2.73 bits per heavy atom. The van der Waals surface area contributed by atoms with Gasteiger partial charge in [0.1, 0.15) is 17.2 Å². The molecular weight excluding hydrogens is 384 g/mol. The summed E-state index contributed by atoms with van der Waals surface area (Å²) in [4.78, 5) is 24.9. The van der Waals surface area contributed by atoms with Crippen molar-refractivity contribution in [2.75, 3.05) is 11.9 Å². The van der Waals surface area contributed by atoms with Gasteiger partial charge in [-0.25, -0.2) is 0 Å². The van der Waals surface area contributed by atoms with Crippen LogP contribution in [0.15, 0.2) is 71.5 Å². The Morgan fingerprint density at radius 2 is 1.93 bits per heavy atom. The number of nitrogens with one attached hydrogen (secondary N) is 2. The van der Waals surface area contributed by atoms with Crippen LogP contribution in [0, 0.1) is 0 Å². The van der Waals surface area contributed by atoms with Gasteiger partial charge in [-0.05, 0) is 35.0 Å². The van der Waals surface area contributed by atoms with Crippen LogP contribution in [0.3, 0.4) is 0 Å². The van der Waals surface area contributed by atoms with Gasteiger partial charge in [-0.2, -0.15) is 5.10 Å². The van der Waals surface area contributed by atoms with Gasteiger partial charge in [-0.15, -0.1) is 0 Å². The highest BCUT2D eigenvalue weighted by Gasteiger charge is 2.19. The van der Waals surface area contributed by atoms with Crippen molar-refractivity contribution in [3.8, 4) is 5.75 Å².